The highest BCUT2D eigenvalue weighted by atomic mass is 32.2. The van der Waals surface area contributed by atoms with Crippen molar-refractivity contribution in [2.45, 2.75) is 31.7 Å². The van der Waals surface area contributed by atoms with Crippen LogP contribution in [0.25, 0.3) is 5.69 Å². The Hall–Kier alpha value is -2.97. The third kappa shape index (κ3) is 4.44. The van der Waals surface area contributed by atoms with E-state index in [-0.39, 0.29) is 16.8 Å². The van der Waals surface area contributed by atoms with Gasteiger partial charge in [-0.15, -0.1) is 0 Å². The van der Waals surface area contributed by atoms with Crippen molar-refractivity contribution < 1.29 is 13.2 Å². The van der Waals surface area contributed by atoms with Gasteiger partial charge in [0.25, 0.3) is 5.91 Å². The number of hydrogen-bond donors (Lipinski definition) is 1. The molecule has 30 heavy (non-hydrogen) atoms. The van der Waals surface area contributed by atoms with E-state index < -0.39 is 10.0 Å². The van der Waals surface area contributed by atoms with Gasteiger partial charge in [0.2, 0.25) is 10.0 Å². The molecule has 0 saturated heterocycles. The SMILES string of the molecule is CCN(CC)S(=O)(=O)c1ccc([C@H](C)NC(=O)c2cncn2-c2ccccc2)cc1. The van der Waals surface area contributed by atoms with Gasteiger partial charge >= 0.3 is 0 Å². The summed E-state index contributed by atoms with van der Waals surface area (Å²) in [6, 6.07) is 15.8. The van der Waals surface area contributed by atoms with E-state index in [1.165, 1.54) is 10.5 Å². The second-order valence-corrected chi connectivity index (χ2v) is 8.78. The van der Waals surface area contributed by atoms with Crippen LogP contribution in [0.5, 0.6) is 0 Å². The number of imidazole rings is 1. The van der Waals surface area contributed by atoms with E-state index in [4.69, 9.17) is 0 Å². The number of para-hydroxylation sites is 1. The molecule has 2 aromatic carbocycles. The average Bonchev–Trinajstić information content (AvgIpc) is 3.25. The summed E-state index contributed by atoms with van der Waals surface area (Å²) in [4.78, 5) is 17.1. The standard InChI is InChI=1S/C22H26N4O3S/c1-4-25(5-2)30(28,29)20-13-11-18(12-14-20)17(3)24-22(27)21-15-23-16-26(21)19-9-7-6-8-10-19/h6-17H,4-5H2,1-3H3,(H,24,27)/t17-/m0/s1. The van der Waals surface area contributed by atoms with Crippen LogP contribution in [0.2, 0.25) is 0 Å². The largest absolute Gasteiger partial charge is 0.344 e. The summed E-state index contributed by atoms with van der Waals surface area (Å²) < 4.78 is 28.4. The topological polar surface area (TPSA) is 84.3 Å². The van der Waals surface area contributed by atoms with Gasteiger partial charge in [-0.2, -0.15) is 4.31 Å². The minimum Gasteiger partial charge on any atom is -0.344 e. The predicted octanol–water partition coefficient (Wildman–Crippen LogP) is 3.39. The van der Waals surface area contributed by atoms with Gasteiger partial charge in [-0.3, -0.25) is 9.36 Å². The number of hydrogen-bond acceptors (Lipinski definition) is 4. The Morgan fingerprint density at radius 2 is 1.70 bits per heavy atom. The number of amides is 1. The highest BCUT2D eigenvalue weighted by Crippen LogP contribution is 2.20. The molecule has 7 nitrogen and oxygen atoms in total. The van der Waals surface area contributed by atoms with Gasteiger partial charge < -0.3 is 5.32 Å². The molecular weight excluding hydrogens is 400 g/mol. The van der Waals surface area contributed by atoms with Crippen LogP contribution in [0.1, 0.15) is 42.9 Å². The van der Waals surface area contributed by atoms with Crippen LogP contribution >= 0.6 is 0 Å². The molecule has 1 amide bonds. The molecule has 0 saturated carbocycles. The van der Waals surface area contributed by atoms with Gasteiger partial charge in [0.1, 0.15) is 5.69 Å². The molecule has 1 N–H and O–H groups in total. The van der Waals surface area contributed by atoms with Crippen molar-refractivity contribution in [3.8, 4) is 5.69 Å². The van der Waals surface area contributed by atoms with Crippen LogP contribution in [0.4, 0.5) is 0 Å². The summed E-state index contributed by atoms with van der Waals surface area (Å²) in [7, 11) is -3.50. The third-order valence-electron chi connectivity index (χ3n) is 4.98. The number of sulfonamides is 1. The fourth-order valence-corrected chi connectivity index (χ4v) is 4.71. The summed E-state index contributed by atoms with van der Waals surface area (Å²) in [5, 5.41) is 2.95. The molecule has 0 unspecified atom stereocenters. The van der Waals surface area contributed by atoms with E-state index in [2.05, 4.69) is 10.3 Å². The summed E-state index contributed by atoms with van der Waals surface area (Å²) in [6.45, 7) is 6.32. The van der Waals surface area contributed by atoms with Crippen molar-refractivity contribution in [1.29, 1.82) is 0 Å². The zero-order valence-corrected chi connectivity index (χ0v) is 18.1. The first kappa shape index (κ1) is 21.7. The Balaban J connectivity index is 1.75. The molecule has 3 aromatic rings. The number of carbonyl (C=O) groups excluding carboxylic acids is 1. The second kappa shape index (κ2) is 9.23. The third-order valence-corrected chi connectivity index (χ3v) is 7.04. The van der Waals surface area contributed by atoms with Crippen LogP contribution < -0.4 is 5.32 Å². The first-order chi connectivity index (χ1) is 14.4. The van der Waals surface area contributed by atoms with E-state index in [1.54, 1.807) is 35.2 Å². The van der Waals surface area contributed by atoms with E-state index in [9.17, 15) is 13.2 Å². The summed E-state index contributed by atoms with van der Waals surface area (Å²) >= 11 is 0. The molecule has 8 heteroatoms. The molecule has 0 spiro atoms. The zero-order chi connectivity index (χ0) is 21.7. The molecule has 1 aromatic heterocycles. The summed E-state index contributed by atoms with van der Waals surface area (Å²) in [5.41, 5.74) is 2.08. The van der Waals surface area contributed by atoms with Crippen LogP contribution in [-0.2, 0) is 10.0 Å². The number of rotatable bonds is 8. The normalized spacial score (nSPS) is 12.7. The fraction of sp³-hybridized carbons (Fsp3) is 0.273. The minimum absolute atomic E-state index is 0.246. The Morgan fingerprint density at radius 1 is 1.07 bits per heavy atom. The number of benzene rings is 2. The summed E-state index contributed by atoms with van der Waals surface area (Å²) in [5.74, 6) is -0.260. The molecule has 3 rings (SSSR count). The second-order valence-electron chi connectivity index (χ2n) is 6.84. The van der Waals surface area contributed by atoms with Gasteiger partial charge in [0.05, 0.1) is 23.5 Å². The van der Waals surface area contributed by atoms with Gasteiger partial charge in [-0.05, 0) is 36.8 Å². The van der Waals surface area contributed by atoms with E-state index in [0.29, 0.717) is 18.8 Å². The van der Waals surface area contributed by atoms with Crippen LogP contribution in [-0.4, -0.2) is 41.3 Å². The van der Waals surface area contributed by atoms with Gasteiger partial charge in [0.15, 0.2) is 0 Å². The maximum atomic E-state index is 12.8. The predicted molar refractivity (Wildman–Crippen MR) is 116 cm³/mol. The minimum atomic E-state index is -3.50. The molecule has 0 aliphatic heterocycles. The molecular formula is C22H26N4O3S. The van der Waals surface area contributed by atoms with Gasteiger partial charge in [0, 0.05) is 18.8 Å². The van der Waals surface area contributed by atoms with Crippen molar-refractivity contribution >= 4 is 15.9 Å². The van der Waals surface area contributed by atoms with Gasteiger partial charge in [-0.25, -0.2) is 13.4 Å². The lowest BCUT2D eigenvalue weighted by Gasteiger charge is -2.19. The molecule has 0 aliphatic rings. The maximum Gasteiger partial charge on any atom is 0.270 e. The Kier molecular flexibility index (Phi) is 6.69. The number of carbonyl (C=O) groups is 1. The van der Waals surface area contributed by atoms with Crippen molar-refractivity contribution in [1.82, 2.24) is 19.2 Å². The molecule has 0 fully saturated rings. The lowest BCUT2D eigenvalue weighted by atomic mass is 10.1. The van der Waals surface area contributed by atoms with Crippen LogP contribution in [0.15, 0.2) is 72.0 Å². The molecule has 0 aliphatic carbocycles. The Labute approximate surface area is 177 Å². The van der Waals surface area contributed by atoms with Gasteiger partial charge in [-0.1, -0.05) is 44.2 Å². The molecule has 0 radical (unpaired) electrons. The lowest BCUT2D eigenvalue weighted by Crippen LogP contribution is -2.30. The maximum absolute atomic E-state index is 12.8. The summed E-state index contributed by atoms with van der Waals surface area (Å²) in [6.07, 6.45) is 3.12. The zero-order valence-electron chi connectivity index (χ0n) is 17.3. The number of aromatic nitrogens is 2. The van der Waals surface area contributed by atoms with Crippen molar-refractivity contribution in [3.63, 3.8) is 0 Å². The highest BCUT2D eigenvalue weighted by molar-refractivity contribution is 7.89. The number of nitrogens with one attached hydrogen (secondary N) is 1. The smallest absolute Gasteiger partial charge is 0.270 e. The Bertz CT molecular complexity index is 1090. The highest BCUT2D eigenvalue weighted by Gasteiger charge is 2.22. The fourth-order valence-electron chi connectivity index (χ4n) is 3.25. The van der Waals surface area contributed by atoms with Crippen molar-refractivity contribution in [2.24, 2.45) is 0 Å². The van der Waals surface area contributed by atoms with E-state index in [0.717, 1.165) is 11.3 Å². The van der Waals surface area contributed by atoms with Crippen molar-refractivity contribution in [3.05, 3.63) is 78.4 Å². The van der Waals surface area contributed by atoms with E-state index in [1.807, 2.05) is 51.1 Å². The lowest BCUT2D eigenvalue weighted by molar-refractivity contribution is 0.0933. The molecule has 0 bridgehead atoms. The molecule has 1 heterocycles. The van der Waals surface area contributed by atoms with E-state index >= 15 is 0 Å². The molecule has 158 valence electrons. The Morgan fingerprint density at radius 3 is 2.30 bits per heavy atom. The first-order valence-corrected chi connectivity index (χ1v) is 11.3. The van der Waals surface area contributed by atoms with Crippen LogP contribution in [0, 0.1) is 0 Å². The monoisotopic (exact) mass is 426 g/mol. The average molecular weight is 427 g/mol. The van der Waals surface area contributed by atoms with Crippen LogP contribution in [0.3, 0.4) is 0 Å². The quantitative estimate of drug-likeness (QED) is 0.598. The number of nitrogens with zero attached hydrogens (tertiary/aromatic N) is 3. The van der Waals surface area contributed by atoms with Crippen molar-refractivity contribution in [2.75, 3.05) is 13.1 Å². The first-order valence-electron chi connectivity index (χ1n) is 9.87. The molecule has 1 atom stereocenters.